The zero-order valence-electron chi connectivity index (χ0n) is 25.6. The first-order valence-electron chi connectivity index (χ1n) is 14.1. The van der Waals surface area contributed by atoms with Crippen LogP contribution in [0.3, 0.4) is 0 Å². The first-order valence-corrected chi connectivity index (χ1v) is 17.3. The van der Waals surface area contributed by atoms with Gasteiger partial charge in [0.25, 0.3) is 21.8 Å². The maximum Gasteiger partial charge on any atom is 0.387 e. The summed E-state index contributed by atoms with van der Waals surface area (Å²) in [6, 6.07) is 13.4. The molecule has 2 heterocycles. The number of sulfonamides is 1. The number of carbonyl (C=O) groups is 2. The number of hydrogen-bond acceptors (Lipinski definition) is 9. The van der Waals surface area contributed by atoms with Crippen molar-refractivity contribution in [3.05, 3.63) is 93.1 Å². The van der Waals surface area contributed by atoms with Crippen LogP contribution in [-0.2, 0) is 33.3 Å². The highest BCUT2D eigenvalue weighted by molar-refractivity contribution is 9.10. The van der Waals surface area contributed by atoms with Gasteiger partial charge in [-0.25, -0.2) is 18.1 Å². The van der Waals surface area contributed by atoms with Crippen LogP contribution in [0.4, 0.5) is 8.78 Å². The van der Waals surface area contributed by atoms with Gasteiger partial charge < -0.3 is 9.64 Å². The predicted octanol–water partition coefficient (Wildman–Crippen LogP) is 5.89. The Balaban J connectivity index is 1.96. The zero-order chi connectivity index (χ0) is 34.4. The number of alkyl halides is 2. The fraction of sp³-hybridized carbons (Fsp3) is 0.323. The van der Waals surface area contributed by atoms with Crippen LogP contribution < -0.4 is 9.46 Å². The van der Waals surface area contributed by atoms with Crippen LogP contribution in [0.2, 0.25) is 0 Å². The molecular weight excluding hydrogens is 718 g/mol. The smallest absolute Gasteiger partial charge is 0.387 e. The maximum atomic E-state index is 14.8. The monoisotopic (exact) mass is 748 g/mol. The summed E-state index contributed by atoms with van der Waals surface area (Å²) in [5.74, 6) is -2.20. The summed E-state index contributed by atoms with van der Waals surface area (Å²) in [6.45, 7) is 1.50. The second kappa shape index (κ2) is 14.7. The lowest BCUT2D eigenvalue weighted by Crippen LogP contribution is -2.63. The van der Waals surface area contributed by atoms with Crippen molar-refractivity contribution < 1.29 is 31.5 Å². The van der Waals surface area contributed by atoms with Gasteiger partial charge in [-0.15, -0.1) is 11.3 Å². The molecule has 0 fully saturated rings. The Morgan fingerprint density at radius 1 is 1.17 bits per heavy atom. The lowest BCUT2D eigenvalue weighted by molar-refractivity contribution is -0.132. The molecule has 1 unspecified atom stereocenters. The maximum absolute atomic E-state index is 14.8. The Morgan fingerprint density at radius 3 is 2.47 bits per heavy atom. The SMILES string of the molecule is CC(C)(C)c1cc(Br)c(C(=O)N(Cc2nccs2)C(CCC#N)(Cn2cccn2)C(=O)NS(=O)(=O)c2ccccc2)cc1OC(F)F. The molecule has 2 amide bonds. The Bertz CT molecular complexity index is 1850. The van der Waals surface area contributed by atoms with E-state index in [0.29, 0.717) is 10.6 Å². The van der Waals surface area contributed by atoms with Crippen molar-refractivity contribution in [2.45, 2.75) is 69.2 Å². The van der Waals surface area contributed by atoms with Crippen molar-refractivity contribution in [3.63, 3.8) is 0 Å². The van der Waals surface area contributed by atoms with Crippen LogP contribution >= 0.6 is 27.3 Å². The Hall–Kier alpha value is -4.20. The molecule has 0 aliphatic carbocycles. The van der Waals surface area contributed by atoms with Crippen LogP contribution in [0.25, 0.3) is 0 Å². The van der Waals surface area contributed by atoms with E-state index < -0.39 is 39.4 Å². The minimum absolute atomic E-state index is 0.147. The molecule has 0 spiro atoms. The first-order chi connectivity index (χ1) is 22.2. The number of nitriles is 1. The number of carbonyl (C=O) groups excluding carboxylic acids is 2. The summed E-state index contributed by atoms with van der Waals surface area (Å²) >= 11 is 4.59. The van der Waals surface area contributed by atoms with Crippen LogP contribution in [0.1, 0.15) is 54.5 Å². The Kier molecular flexibility index (Phi) is 11.2. The van der Waals surface area contributed by atoms with E-state index in [4.69, 9.17) is 4.74 Å². The molecular formula is C31H31BrF2N6O5S2. The third-order valence-electron chi connectivity index (χ3n) is 7.20. The zero-order valence-corrected chi connectivity index (χ0v) is 28.8. The number of amides is 2. The number of halogens is 3. The van der Waals surface area contributed by atoms with Crippen molar-refractivity contribution in [3.8, 4) is 11.8 Å². The second-order valence-electron chi connectivity index (χ2n) is 11.4. The number of nitrogens with zero attached hydrogens (tertiary/aromatic N) is 5. The van der Waals surface area contributed by atoms with Gasteiger partial charge in [0.15, 0.2) is 0 Å². The molecule has 248 valence electrons. The third-order valence-corrected chi connectivity index (χ3v) is 9.97. The molecule has 16 heteroatoms. The molecule has 0 aliphatic rings. The highest BCUT2D eigenvalue weighted by Crippen LogP contribution is 2.39. The van der Waals surface area contributed by atoms with E-state index in [0.717, 1.165) is 11.0 Å². The van der Waals surface area contributed by atoms with E-state index in [1.54, 1.807) is 38.3 Å². The lowest BCUT2D eigenvalue weighted by Gasteiger charge is -2.42. The molecule has 2 aromatic carbocycles. The standard InChI is InChI=1S/C31H31BrF2N6O5S2/c1-30(2,3)23-18-24(32)22(17-25(23)45-29(33)34)27(41)40(19-26-36-14-16-46-26)31(11-7-12-35,20-39-15-8-13-37-39)28(42)38-47(43,44)21-9-5-4-6-10-21/h4-6,8-10,13-18,29H,7,11,19-20H2,1-3H3,(H,38,42). The summed E-state index contributed by atoms with van der Waals surface area (Å²) in [4.78, 5) is 34.4. The minimum Gasteiger partial charge on any atom is -0.434 e. The van der Waals surface area contributed by atoms with Gasteiger partial charge in [0.05, 0.1) is 29.6 Å². The molecule has 4 aromatic rings. The van der Waals surface area contributed by atoms with E-state index in [1.807, 2.05) is 6.07 Å². The first kappa shape index (κ1) is 35.7. The largest absolute Gasteiger partial charge is 0.434 e. The van der Waals surface area contributed by atoms with Crippen molar-refractivity contribution in [1.82, 2.24) is 24.4 Å². The molecule has 0 radical (unpaired) electrons. The van der Waals surface area contributed by atoms with E-state index >= 15 is 0 Å². The fourth-order valence-electron chi connectivity index (χ4n) is 4.93. The Morgan fingerprint density at radius 2 is 1.89 bits per heavy atom. The van der Waals surface area contributed by atoms with E-state index in [2.05, 4.69) is 30.7 Å². The molecule has 11 nitrogen and oxygen atoms in total. The van der Waals surface area contributed by atoms with E-state index in [-0.39, 0.29) is 46.6 Å². The van der Waals surface area contributed by atoms with Crippen LogP contribution in [0.5, 0.6) is 5.75 Å². The molecule has 47 heavy (non-hydrogen) atoms. The van der Waals surface area contributed by atoms with Crippen LogP contribution in [0.15, 0.2) is 81.9 Å². The number of hydrogen-bond donors (Lipinski definition) is 1. The van der Waals surface area contributed by atoms with Crippen molar-refractivity contribution in [2.24, 2.45) is 0 Å². The molecule has 1 N–H and O–H groups in total. The highest BCUT2D eigenvalue weighted by Gasteiger charge is 2.49. The second-order valence-corrected chi connectivity index (χ2v) is 14.9. The highest BCUT2D eigenvalue weighted by atomic mass is 79.9. The van der Waals surface area contributed by atoms with Crippen LogP contribution in [0, 0.1) is 11.3 Å². The predicted molar refractivity (Wildman–Crippen MR) is 173 cm³/mol. The fourth-order valence-corrected chi connectivity index (χ4v) is 7.12. The number of aromatic nitrogens is 3. The van der Waals surface area contributed by atoms with Gasteiger partial charge in [0.1, 0.15) is 16.3 Å². The number of rotatable bonds is 13. The molecule has 4 rings (SSSR count). The van der Waals surface area contributed by atoms with Gasteiger partial charge in [-0.1, -0.05) is 39.0 Å². The molecule has 0 saturated carbocycles. The summed E-state index contributed by atoms with van der Waals surface area (Å²) in [5.41, 5.74) is -2.51. The average Bonchev–Trinajstić information content (AvgIpc) is 3.73. The molecule has 0 saturated heterocycles. The molecule has 1 atom stereocenters. The summed E-state index contributed by atoms with van der Waals surface area (Å²) < 4.78 is 62.6. The lowest BCUT2D eigenvalue weighted by atomic mass is 9.85. The van der Waals surface area contributed by atoms with Gasteiger partial charge in [-0.05, 0) is 58.1 Å². The molecule has 0 aliphatic heterocycles. The van der Waals surface area contributed by atoms with Gasteiger partial charge in [0, 0.05) is 40.4 Å². The number of ether oxygens (including phenoxy) is 1. The summed E-state index contributed by atoms with van der Waals surface area (Å²) in [7, 11) is -4.46. The molecule has 2 aromatic heterocycles. The van der Waals surface area contributed by atoms with E-state index in [9.17, 15) is 32.0 Å². The van der Waals surface area contributed by atoms with Gasteiger partial charge >= 0.3 is 6.61 Å². The van der Waals surface area contributed by atoms with Crippen LogP contribution in [-0.4, -0.2) is 52.0 Å². The quantitative estimate of drug-likeness (QED) is 0.178. The van der Waals surface area contributed by atoms with Crippen molar-refractivity contribution in [2.75, 3.05) is 0 Å². The number of benzene rings is 2. The summed E-state index contributed by atoms with van der Waals surface area (Å²) in [6.07, 6.45) is 3.86. The van der Waals surface area contributed by atoms with Crippen molar-refractivity contribution >= 4 is 49.1 Å². The van der Waals surface area contributed by atoms with Gasteiger partial charge in [-0.2, -0.15) is 19.1 Å². The molecule has 0 bridgehead atoms. The Labute approximate surface area is 283 Å². The average molecular weight is 750 g/mol. The third kappa shape index (κ3) is 8.40. The topological polar surface area (TPSA) is 147 Å². The number of nitrogens with one attached hydrogen (secondary N) is 1. The number of thiazole rings is 1. The van der Waals surface area contributed by atoms with Gasteiger partial charge in [-0.3, -0.25) is 14.3 Å². The minimum atomic E-state index is -4.46. The summed E-state index contributed by atoms with van der Waals surface area (Å²) in [5, 5.41) is 15.9. The van der Waals surface area contributed by atoms with E-state index in [1.165, 1.54) is 64.9 Å². The van der Waals surface area contributed by atoms with Crippen molar-refractivity contribution in [1.29, 1.82) is 5.26 Å². The normalized spacial score (nSPS) is 13.1. The van der Waals surface area contributed by atoms with Gasteiger partial charge in [0.2, 0.25) is 0 Å².